The van der Waals surface area contributed by atoms with E-state index in [0.717, 1.165) is 5.56 Å². The first-order valence-corrected chi connectivity index (χ1v) is 8.56. The zero-order valence-corrected chi connectivity index (χ0v) is 14.7. The summed E-state index contributed by atoms with van der Waals surface area (Å²) in [7, 11) is 0. The van der Waals surface area contributed by atoms with Crippen LogP contribution in [0.25, 0.3) is 0 Å². The topological polar surface area (TPSA) is 59.1 Å². The highest BCUT2D eigenvalue weighted by atomic mass is 35.5. The van der Waals surface area contributed by atoms with E-state index in [9.17, 15) is 9.59 Å². The molecule has 1 aromatic heterocycles. The van der Waals surface area contributed by atoms with Crippen molar-refractivity contribution in [1.29, 1.82) is 0 Å². The lowest BCUT2D eigenvalue weighted by atomic mass is 10.1. The first-order chi connectivity index (χ1) is 12.6. The number of benzene rings is 2. The van der Waals surface area contributed by atoms with Gasteiger partial charge in [-0.3, -0.25) is 14.6 Å². The van der Waals surface area contributed by atoms with E-state index < -0.39 is 0 Å². The van der Waals surface area contributed by atoms with Crippen LogP contribution in [0.1, 0.15) is 32.0 Å². The molecule has 3 aromatic rings. The predicted octanol–water partition coefficient (Wildman–Crippen LogP) is 4.09. The largest absolute Gasteiger partial charge is 0.348 e. The first-order valence-electron chi connectivity index (χ1n) is 8.18. The molecule has 2 aromatic carbocycles. The summed E-state index contributed by atoms with van der Waals surface area (Å²) in [6, 6.07) is 19.6. The van der Waals surface area contributed by atoms with Crippen LogP contribution in [-0.2, 0) is 13.0 Å². The molecule has 1 heterocycles. The smallest absolute Gasteiger partial charge is 0.251 e. The normalized spacial score (nSPS) is 10.3. The second-order valence-corrected chi connectivity index (χ2v) is 6.18. The maximum Gasteiger partial charge on any atom is 0.251 e. The summed E-state index contributed by atoms with van der Waals surface area (Å²) >= 11 is 6.10. The molecule has 3 rings (SSSR count). The quantitative estimate of drug-likeness (QED) is 0.670. The molecule has 0 bridgehead atoms. The van der Waals surface area contributed by atoms with E-state index in [1.807, 2.05) is 36.4 Å². The molecule has 4 nitrogen and oxygen atoms in total. The highest BCUT2D eigenvalue weighted by Gasteiger charge is 2.11. The van der Waals surface area contributed by atoms with Crippen molar-refractivity contribution >= 4 is 23.3 Å². The summed E-state index contributed by atoms with van der Waals surface area (Å²) in [4.78, 5) is 28.9. The van der Waals surface area contributed by atoms with Crippen molar-refractivity contribution in [3.8, 4) is 0 Å². The number of aromatic nitrogens is 1. The van der Waals surface area contributed by atoms with E-state index in [-0.39, 0.29) is 18.1 Å². The zero-order valence-electron chi connectivity index (χ0n) is 14.0. The Bertz CT molecular complexity index is 926. The van der Waals surface area contributed by atoms with Crippen LogP contribution >= 0.6 is 11.6 Å². The van der Waals surface area contributed by atoms with Gasteiger partial charge in [-0.2, -0.15) is 0 Å². The molecule has 0 fully saturated rings. The van der Waals surface area contributed by atoms with Gasteiger partial charge in [0.25, 0.3) is 5.91 Å². The average Bonchev–Trinajstić information content (AvgIpc) is 2.68. The van der Waals surface area contributed by atoms with E-state index in [1.54, 1.807) is 30.3 Å². The van der Waals surface area contributed by atoms with Gasteiger partial charge in [-0.1, -0.05) is 60.1 Å². The monoisotopic (exact) mass is 364 g/mol. The molecule has 5 heteroatoms. The molecule has 0 aliphatic carbocycles. The van der Waals surface area contributed by atoms with Crippen LogP contribution in [0.2, 0.25) is 5.02 Å². The van der Waals surface area contributed by atoms with Gasteiger partial charge in [-0.25, -0.2) is 0 Å². The minimum absolute atomic E-state index is 0.0354. The zero-order chi connectivity index (χ0) is 18.4. The number of ketones is 1. The average molecular weight is 365 g/mol. The van der Waals surface area contributed by atoms with Gasteiger partial charge in [0.05, 0.1) is 6.42 Å². The fourth-order valence-corrected chi connectivity index (χ4v) is 2.73. The number of halogens is 1. The first kappa shape index (κ1) is 17.8. The molecule has 1 N–H and O–H groups in total. The molecule has 26 heavy (non-hydrogen) atoms. The van der Waals surface area contributed by atoms with E-state index in [4.69, 9.17) is 11.6 Å². The van der Waals surface area contributed by atoms with Gasteiger partial charge in [0.15, 0.2) is 5.78 Å². The minimum Gasteiger partial charge on any atom is -0.348 e. The number of Topliss-reactive ketones (excluding diaryl/α,β-unsaturated/α-hetero) is 1. The maximum atomic E-state index is 12.4. The molecule has 0 saturated carbocycles. The molecule has 0 unspecified atom stereocenters. The van der Waals surface area contributed by atoms with E-state index in [0.29, 0.717) is 28.4 Å². The van der Waals surface area contributed by atoms with Gasteiger partial charge in [0.1, 0.15) is 0 Å². The summed E-state index contributed by atoms with van der Waals surface area (Å²) < 4.78 is 0. The molecule has 0 radical (unpaired) electrons. The van der Waals surface area contributed by atoms with Crippen molar-refractivity contribution in [3.63, 3.8) is 0 Å². The van der Waals surface area contributed by atoms with E-state index in [1.165, 1.54) is 6.20 Å². The lowest BCUT2D eigenvalue weighted by molar-refractivity contribution is 0.0947. The van der Waals surface area contributed by atoms with Crippen LogP contribution in [0.3, 0.4) is 0 Å². The number of carbonyl (C=O) groups is 2. The molecule has 0 saturated heterocycles. The third-order valence-corrected chi connectivity index (χ3v) is 4.28. The van der Waals surface area contributed by atoms with E-state index >= 15 is 0 Å². The van der Waals surface area contributed by atoms with Crippen molar-refractivity contribution < 1.29 is 9.59 Å². The predicted molar refractivity (Wildman–Crippen MR) is 101 cm³/mol. The number of nitrogens with zero attached hydrogens (tertiary/aromatic N) is 1. The van der Waals surface area contributed by atoms with Gasteiger partial charge < -0.3 is 5.32 Å². The number of hydrogen-bond acceptors (Lipinski definition) is 3. The summed E-state index contributed by atoms with van der Waals surface area (Å²) in [5.41, 5.74) is 2.49. The lowest BCUT2D eigenvalue weighted by Crippen LogP contribution is -2.23. The number of pyridine rings is 1. The van der Waals surface area contributed by atoms with Crippen LogP contribution < -0.4 is 5.32 Å². The molecule has 0 atom stereocenters. The van der Waals surface area contributed by atoms with Crippen molar-refractivity contribution in [2.45, 2.75) is 13.0 Å². The third kappa shape index (κ3) is 4.55. The fourth-order valence-electron chi connectivity index (χ4n) is 2.53. The second kappa shape index (κ2) is 8.41. The Balaban J connectivity index is 1.66. The molecular weight excluding hydrogens is 348 g/mol. The van der Waals surface area contributed by atoms with Crippen molar-refractivity contribution in [1.82, 2.24) is 10.3 Å². The molecule has 130 valence electrons. The number of rotatable bonds is 6. The van der Waals surface area contributed by atoms with Crippen LogP contribution in [0, 0.1) is 0 Å². The number of carbonyl (C=O) groups excluding carboxylic acids is 2. The van der Waals surface area contributed by atoms with Crippen LogP contribution in [0.5, 0.6) is 0 Å². The highest BCUT2D eigenvalue weighted by molar-refractivity contribution is 6.31. The van der Waals surface area contributed by atoms with E-state index in [2.05, 4.69) is 10.3 Å². The third-order valence-electron chi connectivity index (χ3n) is 3.91. The van der Waals surface area contributed by atoms with Crippen molar-refractivity contribution in [3.05, 3.63) is 100 Å². The van der Waals surface area contributed by atoms with Gasteiger partial charge in [-0.15, -0.1) is 0 Å². The van der Waals surface area contributed by atoms with Crippen LogP contribution in [0.15, 0.2) is 72.9 Å². The van der Waals surface area contributed by atoms with Gasteiger partial charge in [0, 0.05) is 34.6 Å². The summed E-state index contributed by atoms with van der Waals surface area (Å²) in [5.74, 6) is -0.271. The Morgan fingerprint density at radius 3 is 2.42 bits per heavy atom. The number of amides is 1. The standard InChI is InChI=1S/C21H17ClN2O2/c22-19-9-5-4-8-17(19)14-24-21(26)16-10-11-23-18(12-16)13-20(25)15-6-2-1-3-7-15/h1-12H,13-14H2,(H,24,26). The molecule has 0 aliphatic rings. The van der Waals surface area contributed by atoms with Crippen LogP contribution in [0.4, 0.5) is 0 Å². The highest BCUT2D eigenvalue weighted by Crippen LogP contribution is 2.14. The van der Waals surface area contributed by atoms with Crippen molar-refractivity contribution in [2.75, 3.05) is 0 Å². The Kier molecular flexibility index (Phi) is 5.77. The van der Waals surface area contributed by atoms with Gasteiger partial charge in [-0.05, 0) is 23.8 Å². The minimum atomic E-state index is -0.235. The maximum absolute atomic E-state index is 12.4. The van der Waals surface area contributed by atoms with Crippen molar-refractivity contribution in [2.24, 2.45) is 0 Å². The van der Waals surface area contributed by atoms with Gasteiger partial charge in [0.2, 0.25) is 0 Å². The summed E-state index contributed by atoms with van der Waals surface area (Å²) in [6.45, 7) is 0.332. The summed E-state index contributed by atoms with van der Waals surface area (Å²) in [6.07, 6.45) is 1.69. The Morgan fingerprint density at radius 2 is 1.65 bits per heavy atom. The molecule has 1 amide bonds. The second-order valence-electron chi connectivity index (χ2n) is 5.78. The molecular formula is C21H17ClN2O2. The van der Waals surface area contributed by atoms with Gasteiger partial charge >= 0.3 is 0 Å². The Labute approximate surface area is 156 Å². The Hall–Kier alpha value is -2.98. The number of hydrogen-bond donors (Lipinski definition) is 1. The molecule has 0 spiro atoms. The summed E-state index contributed by atoms with van der Waals surface area (Å²) in [5, 5.41) is 3.44. The fraction of sp³-hybridized carbons (Fsp3) is 0.0952. The lowest BCUT2D eigenvalue weighted by Gasteiger charge is -2.08. The molecule has 0 aliphatic heterocycles. The SMILES string of the molecule is O=C(Cc1cc(C(=O)NCc2ccccc2Cl)ccn1)c1ccccc1. The number of nitrogens with one attached hydrogen (secondary N) is 1. The Morgan fingerprint density at radius 1 is 0.923 bits per heavy atom. The van der Waals surface area contributed by atoms with Crippen LogP contribution in [-0.4, -0.2) is 16.7 Å².